The third kappa shape index (κ3) is 9.29. The van der Waals surface area contributed by atoms with Crippen molar-refractivity contribution in [2.45, 2.75) is 80.2 Å². The van der Waals surface area contributed by atoms with Gasteiger partial charge in [0.25, 0.3) is 6.71 Å². The maximum absolute atomic E-state index is 2.99. The van der Waals surface area contributed by atoms with Crippen LogP contribution in [0.3, 0.4) is 0 Å². The maximum atomic E-state index is 2.99. The third-order valence-corrected chi connectivity index (χ3v) is 26.6. The van der Waals surface area contributed by atoms with Gasteiger partial charge in [0.15, 0.2) is 0 Å². The van der Waals surface area contributed by atoms with Crippen molar-refractivity contribution < 1.29 is 0 Å². The highest BCUT2D eigenvalue weighted by atomic mass is 32.2. The Hall–Kier alpha value is -11.2. The molecule has 0 amide bonds. The lowest BCUT2D eigenvalue weighted by atomic mass is 9.31. The molecule has 1 spiro atoms. The zero-order valence-electron chi connectivity index (χ0n) is 59.3. The number of benzene rings is 14. The summed E-state index contributed by atoms with van der Waals surface area (Å²) in [5.74, 6) is 1.72. The quantitative estimate of drug-likeness (QED) is 0.126. The second-order valence-electron chi connectivity index (χ2n) is 31.9. The number of hydrogen-bond donors (Lipinski definition) is 0. The topological polar surface area (TPSA) is 13.0 Å². The van der Waals surface area contributed by atoms with Crippen molar-refractivity contribution in [3.05, 3.63) is 327 Å². The summed E-state index contributed by atoms with van der Waals surface area (Å²) in [6.07, 6.45) is 6.73. The lowest BCUT2D eigenvalue weighted by molar-refractivity contribution is 0.00223. The van der Waals surface area contributed by atoms with Gasteiger partial charge in [-0.2, -0.15) is 0 Å². The van der Waals surface area contributed by atoms with E-state index < -0.39 is 0 Å². The molecule has 4 nitrogen and oxygen atoms in total. The summed E-state index contributed by atoms with van der Waals surface area (Å²) in [7, 11) is 0. The first-order chi connectivity index (χ1) is 51.7. The molecule has 500 valence electrons. The number of piperidine rings is 1. The first-order valence-electron chi connectivity index (χ1n) is 38.0. The lowest BCUT2D eigenvalue weighted by Gasteiger charge is -2.49. The molecule has 5 aliphatic heterocycles. The standard InChI is InChI=1S/C98H76B2N4S/c1-97(2,3)70-54-88-93-89(55-70)103(95-77(64-33-15-6-16-34-64)47-68(62-29-11-4-12-30-62)48-78(95)65-35-17-7-18-36-65)85-45-27-25-43-81(85)99(93)83-58-84-91(59-87(83)102(88)73-41-23-10-24-42-73)105-92-57-74(101-75-52-71-51-72-53-76(101)61-98(71,72)60-75)56-90-94(92)100(84)82-44-26-28-46-86(82)104(90)96-79(66-37-19-8-20-38-66)49-69(63-31-13-5-14-32-63)50-80(96)67-39-21-9-22-40-67/h4-50,54-59,71-72,75-76H,51-53,60-61H2,1-3H3. The van der Waals surface area contributed by atoms with E-state index in [2.05, 4.69) is 362 Å². The van der Waals surface area contributed by atoms with Gasteiger partial charge in [-0.1, -0.05) is 281 Å². The fourth-order valence-corrected chi connectivity index (χ4v) is 22.2. The smallest absolute Gasteiger partial charge is 0.252 e. The summed E-state index contributed by atoms with van der Waals surface area (Å²) in [5, 5.41) is 0. The van der Waals surface area contributed by atoms with Crippen LogP contribution in [0.2, 0.25) is 0 Å². The van der Waals surface area contributed by atoms with Crippen LogP contribution in [0, 0.1) is 17.3 Å². The molecule has 4 fully saturated rings. The molecule has 3 saturated carbocycles. The van der Waals surface area contributed by atoms with Crippen LogP contribution in [0.5, 0.6) is 0 Å². The zero-order chi connectivity index (χ0) is 69.4. The first kappa shape index (κ1) is 61.3. The predicted molar refractivity (Wildman–Crippen MR) is 444 cm³/mol. The minimum atomic E-state index is -0.220. The van der Waals surface area contributed by atoms with Crippen LogP contribution in [0.1, 0.15) is 58.4 Å². The minimum Gasteiger partial charge on any atom is -0.365 e. The Labute approximate surface area is 621 Å². The molecule has 14 aromatic carbocycles. The van der Waals surface area contributed by atoms with Gasteiger partial charge in [-0.05, 0) is 211 Å². The van der Waals surface area contributed by atoms with Gasteiger partial charge in [0.1, 0.15) is 0 Å². The fourth-order valence-electron chi connectivity index (χ4n) is 21.0. The Morgan fingerprint density at radius 2 is 0.714 bits per heavy atom. The molecule has 7 heteroatoms. The van der Waals surface area contributed by atoms with Gasteiger partial charge in [-0.25, -0.2) is 0 Å². The monoisotopic (exact) mass is 1360 g/mol. The summed E-state index contributed by atoms with van der Waals surface area (Å²) >= 11 is 2.03. The number of hydrogen-bond acceptors (Lipinski definition) is 5. The van der Waals surface area contributed by atoms with E-state index in [9.17, 15) is 0 Å². The largest absolute Gasteiger partial charge is 0.365 e. The van der Waals surface area contributed by atoms with Gasteiger partial charge in [0, 0.05) is 89.6 Å². The average molecular weight is 1360 g/mol. The molecule has 4 atom stereocenters. The van der Waals surface area contributed by atoms with Crippen LogP contribution >= 0.6 is 11.8 Å². The molecule has 0 radical (unpaired) electrons. The van der Waals surface area contributed by atoms with Crippen LogP contribution in [0.4, 0.5) is 56.9 Å². The Bertz CT molecular complexity index is 5700. The van der Waals surface area contributed by atoms with Crippen molar-refractivity contribution >= 4 is 115 Å². The van der Waals surface area contributed by atoms with Crippen LogP contribution in [-0.2, 0) is 5.41 Å². The van der Waals surface area contributed by atoms with Crippen LogP contribution < -0.4 is 52.4 Å². The molecule has 3 bridgehead atoms. The van der Waals surface area contributed by atoms with E-state index >= 15 is 0 Å². The molecular formula is C98H76B2N4S. The highest BCUT2D eigenvalue weighted by Crippen LogP contribution is 2.73. The van der Waals surface area contributed by atoms with Gasteiger partial charge < -0.3 is 19.6 Å². The van der Waals surface area contributed by atoms with Gasteiger partial charge in [-0.3, -0.25) is 0 Å². The van der Waals surface area contributed by atoms with E-state index in [1.54, 1.807) is 0 Å². The first-order valence-corrected chi connectivity index (χ1v) is 38.8. The molecule has 0 N–H and O–H groups in total. The molecule has 105 heavy (non-hydrogen) atoms. The Kier molecular flexibility index (Phi) is 13.6. The van der Waals surface area contributed by atoms with E-state index in [1.165, 1.54) is 198 Å². The van der Waals surface area contributed by atoms with Crippen molar-refractivity contribution in [3.63, 3.8) is 0 Å². The van der Waals surface area contributed by atoms with E-state index in [-0.39, 0.29) is 18.8 Å². The van der Waals surface area contributed by atoms with E-state index in [0.29, 0.717) is 17.5 Å². The molecule has 14 aromatic rings. The predicted octanol–water partition coefficient (Wildman–Crippen LogP) is 21.6. The number of anilines is 10. The molecule has 8 aliphatic rings. The number of nitrogens with zero attached hydrogens (tertiary/aromatic N) is 4. The summed E-state index contributed by atoms with van der Waals surface area (Å²) in [6, 6.07) is 124. The minimum absolute atomic E-state index is 0.0868. The van der Waals surface area contributed by atoms with Crippen molar-refractivity contribution in [1.82, 2.24) is 0 Å². The van der Waals surface area contributed by atoms with Gasteiger partial charge in [0.2, 0.25) is 6.71 Å². The Morgan fingerprint density at radius 1 is 0.314 bits per heavy atom. The lowest BCUT2D eigenvalue weighted by Crippen LogP contribution is -2.64. The molecule has 0 aromatic heterocycles. The van der Waals surface area contributed by atoms with Crippen molar-refractivity contribution in [2.24, 2.45) is 17.3 Å². The highest BCUT2D eigenvalue weighted by molar-refractivity contribution is 8.00. The molecule has 4 unspecified atom stereocenters. The summed E-state index contributed by atoms with van der Waals surface area (Å²) in [6.45, 7) is 6.96. The van der Waals surface area contributed by atoms with Gasteiger partial charge in [0.05, 0.1) is 11.4 Å². The summed E-state index contributed by atoms with van der Waals surface area (Å²) in [5.41, 5.74) is 36.2. The summed E-state index contributed by atoms with van der Waals surface area (Å²) in [4.78, 5) is 13.8. The Balaban J connectivity index is 0.812. The maximum Gasteiger partial charge on any atom is 0.252 e. The highest BCUT2D eigenvalue weighted by Gasteiger charge is 2.69. The average Bonchev–Trinajstić information content (AvgIpc) is 1.66. The zero-order valence-corrected chi connectivity index (χ0v) is 60.1. The second kappa shape index (κ2) is 23.4. The molecular weight excluding hydrogens is 1290 g/mol. The second-order valence-corrected chi connectivity index (χ2v) is 33.0. The number of fused-ring (bicyclic) bond motifs is 10. The third-order valence-electron chi connectivity index (χ3n) is 25.5. The number of rotatable bonds is 10. The molecule has 22 rings (SSSR count). The SMILES string of the molecule is CC(C)(C)c1cc2c3c(c1)N(c1c(-c4ccccc4)cc(-c4ccccc4)cc1-c1ccccc1)c1ccccc1B3c1cc3c(cc1N2c1ccccc1)Sc1cc(N2C4CC5CC6CC2CC56C4)cc2c1B3c1ccccc1N2c1c(-c2ccccc2)cc(-c2ccccc2)cc1-c1ccccc1. The Morgan fingerprint density at radius 3 is 1.17 bits per heavy atom. The normalized spacial score (nSPS) is 19.3. The van der Waals surface area contributed by atoms with Crippen LogP contribution in [0.25, 0.3) is 66.8 Å². The fraction of sp³-hybridized carbons (Fsp3) is 0.143. The molecule has 1 saturated heterocycles. The van der Waals surface area contributed by atoms with Gasteiger partial charge >= 0.3 is 0 Å². The molecule has 3 aliphatic carbocycles. The van der Waals surface area contributed by atoms with Crippen molar-refractivity contribution in [1.29, 1.82) is 0 Å². The van der Waals surface area contributed by atoms with E-state index in [4.69, 9.17) is 0 Å². The number of para-hydroxylation sites is 3. The summed E-state index contributed by atoms with van der Waals surface area (Å²) < 4.78 is 0. The van der Waals surface area contributed by atoms with Crippen molar-refractivity contribution in [2.75, 3.05) is 19.6 Å². The van der Waals surface area contributed by atoms with Crippen molar-refractivity contribution in [3.8, 4) is 66.8 Å². The van der Waals surface area contributed by atoms with Crippen LogP contribution in [0.15, 0.2) is 331 Å². The van der Waals surface area contributed by atoms with Crippen LogP contribution in [-0.4, -0.2) is 25.5 Å². The van der Waals surface area contributed by atoms with E-state index in [0.717, 1.165) is 17.5 Å². The van der Waals surface area contributed by atoms with E-state index in [1.807, 2.05) is 11.8 Å². The van der Waals surface area contributed by atoms with Gasteiger partial charge in [-0.15, -0.1) is 0 Å². The molecule has 5 heterocycles.